The Kier molecular flexibility index (Phi) is 5.71. The highest BCUT2D eigenvalue weighted by Crippen LogP contribution is 2.28. The van der Waals surface area contributed by atoms with Gasteiger partial charge in [-0.15, -0.1) is 0 Å². The summed E-state index contributed by atoms with van der Waals surface area (Å²) in [6, 6.07) is 3.67. The van der Waals surface area contributed by atoms with E-state index in [0.717, 1.165) is 31.7 Å². The number of hydrogen-bond acceptors (Lipinski definition) is 4. The van der Waals surface area contributed by atoms with Crippen LogP contribution in [0.15, 0.2) is 23.1 Å². The Labute approximate surface area is 147 Å². The van der Waals surface area contributed by atoms with Gasteiger partial charge in [-0.1, -0.05) is 12.8 Å². The van der Waals surface area contributed by atoms with Crippen LogP contribution in [0, 0.1) is 11.7 Å². The molecule has 3 rings (SSSR count). The molecule has 6 nitrogen and oxygen atoms in total. The zero-order chi connectivity index (χ0) is 17.9. The van der Waals surface area contributed by atoms with Gasteiger partial charge in [0, 0.05) is 25.2 Å². The molecule has 1 amide bonds. The number of benzene rings is 1. The predicted molar refractivity (Wildman–Crippen MR) is 91.2 cm³/mol. The van der Waals surface area contributed by atoms with Crippen molar-refractivity contribution in [3.63, 3.8) is 0 Å². The highest BCUT2D eigenvalue weighted by molar-refractivity contribution is 7.89. The molecular formula is C17H23FN2O4S. The van der Waals surface area contributed by atoms with Crippen molar-refractivity contribution in [2.24, 2.45) is 5.92 Å². The van der Waals surface area contributed by atoms with Gasteiger partial charge in [0.1, 0.15) is 10.7 Å². The number of hydrogen-bond donors (Lipinski definition) is 1. The number of rotatable bonds is 5. The van der Waals surface area contributed by atoms with Gasteiger partial charge in [0.15, 0.2) is 0 Å². The Morgan fingerprint density at radius 3 is 2.60 bits per heavy atom. The lowest BCUT2D eigenvalue weighted by Gasteiger charge is -2.26. The zero-order valence-corrected chi connectivity index (χ0v) is 14.9. The van der Waals surface area contributed by atoms with Crippen LogP contribution in [0.3, 0.4) is 0 Å². The van der Waals surface area contributed by atoms with Crippen LogP contribution in [0.25, 0.3) is 0 Å². The highest BCUT2D eigenvalue weighted by atomic mass is 32.2. The number of nitrogens with zero attached hydrogens (tertiary/aromatic N) is 1. The van der Waals surface area contributed by atoms with Gasteiger partial charge in [-0.3, -0.25) is 4.79 Å². The molecule has 1 aliphatic heterocycles. The number of amides is 1. The Morgan fingerprint density at radius 1 is 1.24 bits per heavy atom. The van der Waals surface area contributed by atoms with E-state index < -0.39 is 20.7 Å². The average molecular weight is 370 g/mol. The van der Waals surface area contributed by atoms with E-state index >= 15 is 0 Å². The second kappa shape index (κ2) is 7.80. The zero-order valence-electron chi connectivity index (χ0n) is 14.0. The van der Waals surface area contributed by atoms with E-state index in [1.807, 2.05) is 0 Å². The first-order valence-electron chi connectivity index (χ1n) is 8.64. The van der Waals surface area contributed by atoms with Crippen molar-refractivity contribution in [3.8, 4) is 0 Å². The van der Waals surface area contributed by atoms with Crippen molar-refractivity contribution in [1.29, 1.82) is 0 Å². The fraction of sp³-hybridized carbons (Fsp3) is 0.588. The summed E-state index contributed by atoms with van der Waals surface area (Å²) in [6.07, 6.45) is 4.82. The second-order valence-corrected chi connectivity index (χ2v) is 8.47. The number of carbonyl (C=O) groups is 1. The normalized spacial score (nSPS) is 19.9. The Morgan fingerprint density at radius 2 is 1.92 bits per heavy atom. The van der Waals surface area contributed by atoms with Gasteiger partial charge in [-0.2, -0.15) is 4.31 Å². The number of morpholine rings is 1. The summed E-state index contributed by atoms with van der Waals surface area (Å²) in [7, 11) is -3.95. The third-order valence-electron chi connectivity index (χ3n) is 4.75. The van der Waals surface area contributed by atoms with E-state index in [1.165, 1.54) is 16.4 Å². The molecule has 1 saturated carbocycles. The van der Waals surface area contributed by atoms with Gasteiger partial charge in [0.2, 0.25) is 15.9 Å². The number of sulfonamides is 1. The molecule has 1 aliphatic carbocycles. The summed E-state index contributed by atoms with van der Waals surface area (Å²) >= 11 is 0. The van der Waals surface area contributed by atoms with Crippen LogP contribution in [-0.4, -0.2) is 44.9 Å². The SMILES string of the molecule is O=C(CC1CCCC1)Nc1ccc(F)c(S(=O)(=O)N2CCOCC2)c1. The molecule has 2 aliphatic rings. The van der Waals surface area contributed by atoms with Crippen molar-refractivity contribution >= 4 is 21.6 Å². The van der Waals surface area contributed by atoms with Crippen LogP contribution in [0.1, 0.15) is 32.1 Å². The summed E-state index contributed by atoms with van der Waals surface area (Å²) in [5.74, 6) is -0.592. The van der Waals surface area contributed by atoms with Crippen LogP contribution >= 0.6 is 0 Å². The molecule has 2 fully saturated rings. The summed E-state index contributed by atoms with van der Waals surface area (Å²) in [4.78, 5) is 11.7. The molecule has 0 spiro atoms. The van der Waals surface area contributed by atoms with Crippen molar-refractivity contribution in [3.05, 3.63) is 24.0 Å². The first-order valence-corrected chi connectivity index (χ1v) is 10.1. The molecule has 1 heterocycles. The Balaban J connectivity index is 1.74. The van der Waals surface area contributed by atoms with E-state index in [1.54, 1.807) is 0 Å². The Hall–Kier alpha value is -1.51. The fourth-order valence-electron chi connectivity index (χ4n) is 3.39. The molecule has 0 atom stereocenters. The molecule has 1 saturated heterocycles. The molecule has 1 aromatic carbocycles. The molecule has 0 bridgehead atoms. The third-order valence-corrected chi connectivity index (χ3v) is 6.67. The molecule has 0 radical (unpaired) electrons. The smallest absolute Gasteiger partial charge is 0.246 e. The van der Waals surface area contributed by atoms with Crippen molar-refractivity contribution in [2.75, 3.05) is 31.6 Å². The lowest BCUT2D eigenvalue weighted by molar-refractivity contribution is -0.117. The minimum Gasteiger partial charge on any atom is -0.379 e. The molecule has 8 heteroatoms. The molecule has 1 N–H and O–H groups in total. The van der Waals surface area contributed by atoms with Gasteiger partial charge in [0.05, 0.1) is 13.2 Å². The van der Waals surface area contributed by atoms with Gasteiger partial charge in [-0.25, -0.2) is 12.8 Å². The largest absolute Gasteiger partial charge is 0.379 e. The van der Waals surface area contributed by atoms with Crippen LogP contribution < -0.4 is 5.32 Å². The number of anilines is 1. The van der Waals surface area contributed by atoms with Crippen molar-refractivity contribution < 1.29 is 22.3 Å². The summed E-state index contributed by atoms with van der Waals surface area (Å²) in [5.41, 5.74) is 0.302. The van der Waals surface area contributed by atoms with Crippen molar-refractivity contribution in [2.45, 2.75) is 37.0 Å². The van der Waals surface area contributed by atoms with Gasteiger partial charge < -0.3 is 10.1 Å². The van der Waals surface area contributed by atoms with Crippen LogP contribution in [-0.2, 0) is 19.6 Å². The maximum Gasteiger partial charge on any atom is 0.246 e. The molecular weight excluding hydrogens is 347 g/mol. The maximum absolute atomic E-state index is 14.1. The van der Waals surface area contributed by atoms with Gasteiger partial charge in [-0.05, 0) is 37.0 Å². The quantitative estimate of drug-likeness (QED) is 0.863. The standard InChI is InChI=1S/C17H23FN2O4S/c18-15-6-5-14(19-17(21)11-13-3-1-2-4-13)12-16(15)25(22,23)20-7-9-24-10-8-20/h5-6,12-13H,1-4,7-11H2,(H,19,21). The van der Waals surface area contributed by atoms with E-state index in [0.29, 0.717) is 31.2 Å². The monoisotopic (exact) mass is 370 g/mol. The van der Waals surface area contributed by atoms with Crippen molar-refractivity contribution in [1.82, 2.24) is 4.31 Å². The van der Waals surface area contributed by atoms with Crippen LogP contribution in [0.4, 0.5) is 10.1 Å². The highest BCUT2D eigenvalue weighted by Gasteiger charge is 2.29. The third kappa shape index (κ3) is 4.37. The predicted octanol–water partition coefficient (Wildman–Crippen LogP) is 2.37. The lowest BCUT2D eigenvalue weighted by atomic mass is 10.0. The minimum atomic E-state index is -3.95. The number of nitrogens with one attached hydrogen (secondary N) is 1. The molecule has 138 valence electrons. The van der Waals surface area contributed by atoms with E-state index in [2.05, 4.69) is 5.32 Å². The minimum absolute atomic E-state index is 0.159. The van der Waals surface area contributed by atoms with Crippen LogP contribution in [0.2, 0.25) is 0 Å². The summed E-state index contributed by atoms with van der Waals surface area (Å²) < 4.78 is 45.8. The Bertz CT molecular complexity index is 726. The molecule has 25 heavy (non-hydrogen) atoms. The van der Waals surface area contributed by atoms with E-state index in [4.69, 9.17) is 4.74 Å². The van der Waals surface area contributed by atoms with E-state index in [-0.39, 0.29) is 19.0 Å². The molecule has 1 aromatic rings. The molecule has 0 unspecified atom stereocenters. The number of ether oxygens (including phenoxy) is 1. The van der Waals surface area contributed by atoms with Crippen LogP contribution in [0.5, 0.6) is 0 Å². The fourth-order valence-corrected chi connectivity index (χ4v) is 4.89. The average Bonchev–Trinajstić information content (AvgIpc) is 3.10. The summed E-state index contributed by atoms with van der Waals surface area (Å²) in [6.45, 7) is 0.970. The number of carbonyl (C=O) groups excluding carboxylic acids is 1. The first kappa shape index (κ1) is 18.3. The molecule has 0 aromatic heterocycles. The summed E-state index contributed by atoms with van der Waals surface area (Å²) in [5, 5.41) is 2.70. The van der Waals surface area contributed by atoms with Gasteiger partial charge in [0.25, 0.3) is 0 Å². The number of halogens is 1. The topological polar surface area (TPSA) is 75.7 Å². The lowest BCUT2D eigenvalue weighted by Crippen LogP contribution is -2.40. The first-order chi connectivity index (χ1) is 12.0. The van der Waals surface area contributed by atoms with Gasteiger partial charge >= 0.3 is 0 Å². The van der Waals surface area contributed by atoms with E-state index in [9.17, 15) is 17.6 Å². The second-order valence-electron chi connectivity index (χ2n) is 6.56. The maximum atomic E-state index is 14.1.